The van der Waals surface area contributed by atoms with E-state index in [1.165, 1.54) is 12.1 Å². The van der Waals surface area contributed by atoms with E-state index >= 15 is 0 Å². The molecule has 0 heterocycles. The van der Waals surface area contributed by atoms with Gasteiger partial charge >= 0.3 is 5.97 Å². The molecule has 0 spiro atoms. The lowest BCUT2D eigenvalue weighted by Gasteiger charge is -2.01. The van der Waals surface area contributed by atoms with E-state index in [9.17, 15) is 9.90 Å². The highest BCUT2D eigenvalue weighted by Crippen LogP contribution is 2.23. The second kappa shape index (κ2) is 5.75. The third-order valence-electron chi connectivity index (χ3n) is 1.97. The summed E-state index contributed by atoms with van der Waals surface area (Å²) in [5.41, 5.74) is 0.875. The first-order valence-corrected chi connectivity index (χ1v) is 5.02. The quantitative estimate of drug-likeness (QED) is 0.619. The summed E-state index contributed by atoms with van der Waals surface area (Å²) < 4.78 is 4.83. The summed E-state index contributed by atoms with van der Waals surface area (Å²) in [6.45, 7) is 5.12. The predicted octanol–water partition coefficient (Wildman–Crippen LogP) is 2.23. The minimum Gasteiger partial charge on any atom is -0.508 e. The van der Waals surface area contributed by atoms with Crippen molar-refractivity contribution in [3.05, 3.63) is 42.0 Å². The summed E-state index contributed by atoms with van der Waals surface area (Å²) in [6, 6.07) is 4.25. The van der Waals surface area contributed by atoms with Gasteiger partial charge in [-0.15, -0.1) is 0 Å². The van der Waals surface area contributed by atoms with E-state index in [4.69, 9.17) is 9.84 Å². The summed E-state index contributed by atoms with van der Waals surface area (Å²) in [4.78, 5) is 11.0. The van der Waals surface area contributed by atoms with Gasteiger partial charge in [-0.2, -0.15) is 0 Å². The molecular formula is C13H14O4. The second-order valence-electron chi connectivity index (χ2n) is 3.52. The minimum absolute atomic E-state index is 0.00615. The molecule has 1 aromatic rings. The Morgan fingerprint density at radius 1 is 1.47 bits per heavy atom. The first kappa shape index (κ1) is 12.8. The predicted molar refractivity (Wildman–Crippen MR) is 64.6 cm³/mol. The van der Waals surface area contributed by atoms with Gasteiger partial charge < -0.3 is 14.9 Å². The van der Waals surface area contributed by atoms with Crippen molar-refractivity contribution in [1.29, 1.82) is 0 Å². The molecule has 4 heteroatoms. The lowest BCUT2D eigenvalue weighted by atomic mass is 10.2. The van der Waals surface area contributed by atoms with Crippen molar-refractivity contribution >= 4 is 12.0 Å². The smallest absolute Gasteiger partial charge is 0.333 e. The molecule has 90 valence electrons. The molecule has 0 aliphatic carbocycles. The van der Waals surface area contributed by atoms with Crippen LogP contribution in [0.1, 0.15) is 12.5 Å². The monoisotopic (exact) mass is 234 g/mol. The minimum atomic E-state index is -0.454. The largest absolute Gasteiger partial charge is 0.508 e. The number of phenols is 2. The Morgan fingerprint density at radius 3 is 2.76 bits per heavy atom. The number of ether oxygens (including phenoxy) is 1. The summed E-state index contributed by atoms with van der Waals surface area (Å²) in [5.74, 6) is -0.495. The van der Waals surface area contributed by atoms with Crippen LogP contribution in [-0.2, 0) is 9.53 Å². The number of carbonyl (C=O) groups excluding carboxylic acids is 1. The summed E-state index contributed by atoms with van der Waals surface area (Å²) in [5, 5.41) is 18.5. The molecule has 0 fully saturated rings. The number of phenolic OH excluding ortho intramolecular Hbond substituents is 2. The van der Waals surface area contributed by atoms with Crippen LogP contribution in [0.4, 0.5) is 0 Å². The first-order valence-electron chi connectivity index (χ1n) is 5.02. The lowest BCUT2D eigenvalue weighted by molar-refractivity contribution is -0.137. The van der Waals surface area contributed by atoms with E-state index in [0.717, 1.165) is 0 Å². The van der Waals surface area contributed by atoms with Crippen molar-refractivity contribution in [1.82, 2.24) is 0 Å². The molecule has 0 aliphatic rings. The van der Waals surface area contributed by atoms with Gasteiger partial charge in [-0.3, -0.25) is 0 Å². The summed E-state index contributed by atoms with van der Waals surface area (Å²) >= 11 is 0. The standard InChI is InChI=1S/C13H14O4/c1-9(2)13(16)17-7-3-4-10-5-6-11(14)8-12(10)15/h3-6,8,14-15H,1,7H2,2H3. The Hall–Kier alpha value is -2.23. The highest BCUT2D eigenvalue weighted by atomic mass is 16.5. The van der Waals surface area contributed by atoms with Crippen LogP contribution in [0.5, 0.6) is 11.5 Å². The average Bonchev–Trinajstić information content (AvgIpc) is 2.26. The first-order chi connectivity index (χ1) is 8.00. The van der Waals surface area contributed by atoms with Crippen LogP contribution in [0, 0.1) is 0 Å². The number of carbonyl (C=O) groups is 1. The van der Waals surface area contributed by atoms with Crippen LogP contribution in [0.2, 0.25) is 0 Å². The molecule has 0 amide bonds. The topological polar surface area (TPSA) is 66.8 Å². The Morgan fingerprint density at radius 2 is 2.18 bits per heavy atom. The molecule has 1 aromatic carbocycles. The van der Waals surface area contributed by atoms with E-state index in [1.807, 2.05) is 0 Å². The van der Waals surface area contributed by atoms with Gasteiger partial charge in [-0.05, 0) is 25.1 Å². The van der Waals surface area contributed by atoms with Gasteiger partial charge in [0.2, 0.25) is 0 Å². The third-order valence-corrected chi connectivity index (χ3v) is 1.97. The van der Waals surface area contributed by atoms with Gasteiger partial charge in [0.1, 0.15) is 18.1 Å². The Bertz CT molecular complexity index is 460. The van der Waals surface area contributed by atoms with Gasteiger partial charge in [0, 0.05) is 17.2 Å². The van der Waals surface area contributed by atoms with Gasteiger partial charge in [-0.25, -0.2) is 4.79 Å². The fraction of sp³-hybridized carbons (Fsp3) is 0.154. The molecule has 0 aromatic heterocycles. The molecule has 0 saturated heterocycles. The zero-order chi connectivity index (χ0) is 12.8. The Balaban J connectivity index is 2.54. The Kier molecular flexibility index (Phi) is 4.34. The van der Waals surface area contributed by atoms with E-state index in [2.05, 4.69) is 6.58 Å². The van der Waals surface area contributed by atoms with E-state index in [-0.39, 0.29) is 18.1 Å². The van der Waals surface area contributed by atoms with Crippen molar-refractivity contribution in [3.8, 4) is 11.5 Å². The molecule has 4 nitrogen and oxygen atoms in total. The molecule has 17 heavy (non-hydrogen) atoms. The molecule has 1 rings (SSSR count). The highest BCUT2D eigenvalue weighted by molar-refractivity contribution is 5.87. The zero-order valence-corrected chi connectivity index (χ0v) is 9.51. The summed E-state index contributed by atoms with van der Waals surface area (Å²) in [6.07, 6.45) is 3.19. The third kappa shape index (κ3) is 4.03. The van der Waals surface area contributed by atoms with Crippen LogP contribution in [0.15, 0.2) is 36.4 Å². The van der Waals surface area contributed by atoms with Crippen LogP contribution >= 0.6 is 0 Å². The van der Waals surface area contributed by atoms with Gasteiger partial charge in [0.15, 0.2) is 0 Å². The molecule has 0 aliphatic heterocycles. The molecule has 2 N–H and O–H groups in total. The second-order valence-corrected chi connectivity index (χ2v) is 3.52. The fourth-order valence-corrected chi connectivity index (χ4v) is 1.10. The average molecular weight is 234 g/mol. The van der Waals surface area contributed by atoms with E-state index < -0.39 is 5.97 Å². The number of rotatable bonds is 4. The summed E-state index contributed by atoms with van der Waals surface area (Å²) in [7, 11) is 0. The van der Waals surface area contributed by atoms with Crippen molar-refractivity contribution in [3.63, 3.8) is 0 Å². The van der Waals surface area contributed by atoms with Crippen LogP contribution in [-0.4, -0.2) is 22.8 Å². The van der Waals surface area contributed by atoms with Crippen LogP contribution < -0.4 is 0 Å². The molecule has 0 saturated carbocycles. The van der Waals surface area contributed by atoms with Gasteiger partial charge in [-0.1, -0.05) is 12.7 Å². The number of benzene rings is 1. The maximum absolute atomic E-state index is 11.0. The number of hydrogen-bond donors (Lipinski definition) is 2. The Labute approximate surface area is 99.5 Å². The lowest BCUT2D eigenvalue weighted by Crippen LogP contribution is -2.04. The maximum Gasteiger partial charge on any atom is 0.333 e. The van der Waals surface area contributed by atoms with E-state index in [1.54, 1.807) is 25.1 Å². The molecule has 0 radical (unpaired) electrons. The maximum atomic E-state index is 11.0. The van der Waals surface area contributed by atoms with Crippen LogP contribution in [0.25, 0.3) is 6.08 Å². The fourth-order valence-electron chi connectivity index (χ4n) is 1.10. The van der Waals surface area contributed by atoms with Crippen LogP contribution in [0.3, 0.4) is 0 Å². The SMILES string of the molecule is C=C(C)C(=O)OCC=Cc1ccc(O)cc1O. The van der Waals surface area contributed by atoms with Crippen molar-refractivity contribution in [2.75, 3.05) is 6.61 Å². The van der Waals surface area contributed by atoms with Crippen molar-refractivity contribution < 1.29 is 19.7 Å². The number of hydrogen-bond acceptors (Lipinski definition) is 4. The molecule has 0 unspecified atom stereocenters. The normalized spacial score (nSPS) is 10.4. The number of esters is 1. The molecule has 0 bridgehead atoms. The van der Waals surface area contributed by atoms with Gasteiger partial charge in [0.25, 0.3) is 0 Å². The number of aromatic hydroxyl groups is 2. The van der Waals surface area contributed by atoms with E-state index in [0.29, 0.717) is 11.1 Å². The highest BCUT2D eigenvalue weighted by Gasteiger charge is 2.01. The molecule has 0 atom stereocenters. The zero-order valence-electron chi connectivity index (χ0n) is 9.51. The van der Waals surface area contributed by atoms with Gasteiger partial charge in [0.05, 0.1) is 0 Å². The van der Waals surface area contributed by atoms with Crippen molar-refractivity contribution in [2.45, 2.75) is 6.92 Å². The molecular weight excluding hydrogens is 220 g/mol. The van der Waals surface area contributed by atoms with Crippen molar-refractivity contribution in [2.24, 2.45) is 0 Å².